The third-order valence-electron chi connectivity index (χ3n) is 4.49. The lowest BCUT2D eigenvalue weighted by atomic mass is 10.3. The number of thiazole rings is 1. The number of benzene rings is 1. The summed E-state index contributed by atoms with van der Waals surface area (Å²) in [5.74, 6) is 0. The van der Waals surface area contributed by atoms with Crippen LogP contribution in [0.4, 0.5) is 4.79 Å². The maximum Gasteiger partial charge on any atom is 0.409 e. The average molecular weight is 414 g/mol. The highest BCUT2D eigenvalue weighted by Crippen LogP contribution is 2.25. The second-order valence-electron chi connectivity index (χ2n) is 6.24. The van der Waals surface area contributed by atoms with Crippen molar-refractivity contribution in [2.24, 2.45) is 0 Å². The number of hydrogen-bond acceptors (Lipinski definition) is 6. The molecule has 10 heteroatoms. The highest BCUT2D eigenvalue weighted by molar-refractivity contribution is 7.89. The number of ether oxygens (including phenoxy) is 1. The average Bonchev–Trinajstić information content (AvgIpc) is 2.97. The second-order valence-corrected chi connectivity index (χ2v) is 9.17. The van der Waals surface area contributed by atoms with E-state index in [1.807, 2.05) is 6.92 Å². The number of aromatic nitrogens is 1. The summed E-state index contributed by atoms with van der Waals surface area (Å²) in [6.45, 7) is 5.64. The SMILES string of the molecule is CCCn1c(=O)sc2cc(S(=O)(=O)N3CCN(C(=O)OCC)CC3)ccc21. The zero-order valence-electron chi connectivity index (χ0n) is 15.4. The van der Waals surface area contributed by atoms with E-state index in [0.717, 1.165) is 23.3 Å². The monoisotopic (exact) mass is 413 g/mol. The van der Waals surface area contributed by atoms with Gasteiger partial charge in [-0.25, -0.2) is 13.2 Å². The fourth-order valence-corrected chi connectivity index (χ4v) is 5.60. The van der Waals surface area contributed by atoms with Gasteiger partial charge in [-0.15, -0.1) is 0 Å². The topological polar surface area (TPSA) is 88.9 Å². The molecular formula is C17H23N3O5S2. The minimum Gasteiger partial charge on any atom is -0.450 e. The molecule has 1 aromatic carbocycles. The number of nitrogens with zero attached hydrogens (tertiary/aromatic N) is 3. The quantitative estimate of drug-likeness (QED) is 0.747. The van der Waals surface area contributed by atoms with Gasteiger partial charge in [0, 0.05) is 32.7 Å². The normalized spacial score (nSPS) is 16.0. The first-order chi connectivity index (χ1) is 12.9. The van der Waals surface area contributed by atoms with Crippen LogP contribution < -0.4 is 4.87 Å². The number of carbonyl (C=O) groups excluding carboxylic acids is 1. The third kappa shape index (κ3) is 3.87. The Morgan fingerprint density at radius 3 is 2.52 bits per heavy atom. The molecular weight excluding hydrogens is 390 g/mol. The summed E-state index contributed by atoms with van der Waals surface area (Å²) in [6.07, 6.45) is 0.411. The fraction of sp³-hybridized carbons (Fsp3) is 0.529. The van der Waals surface area contributed by atoms with Crippen LogP contribution in [-0.2, 0) is 21.3 Å². The van der Waals surface area contributed by atoms with Gasteiger partial charge in [0.1, 0.15) is 0 Å². The highest BCUT2D eigenvalue weighted by Gasteiger charge is 2.31. The van der Waals surface area contributed by atoms with Crippen molar-refractivity contribution in [2.45, 2.75) is 31.7 Å². The van der Waals surface area contributed by atoms with E-state index in [1.54, 1.807) is 29.7 Å². The van der Waals surface area contributed by atoms with E-state index >= 15 is 0 Å². The summed E-state index contributed by atoms with van der Waals surface area (Å²) < 4.78 is 34.6. The predicted octanol–water partition coefficient (Wildman–Crippen LogP) is 1.94. The minimum absolute atomic E-state index is 0.0792. The van der Waals surface area contributed by atoms with Crippen LogP contribution in [0.3, 0.4) is 0 Å². The number of hydrogen-bond donors (Lipinski definition) is 0. The van der Waals surface area contributed by atoms with Gasteiger partial charge in [0.15, 0.2) is 0 Å². The Kier molecular flexibility index (Phi) is 5.87. The van der Waals surface area contributed by atoms with Crippen molar-refractivity contribution in [2.75, 3.05) is 32.8 Å². The molecule has 1 fully saturated rings. The summed E-state index contributed by atoms with van der Waals surface area (Å²) in [5, 5.41) is 0. The number of piperazine rings is 1. The molecule has 0 N–H and O–H groups in total. The van der Waals surface area contributed by atoms with Crippen LogP contribution in [0.5, 0.6) is 0 Å². The maximum absolute atomic E-state index is 13.0. The summed E-state index contributed by atoms with van der Waals surface area (Å²) in [6, 6.07) is 4.82. The van der Waals surface area contributed by atoms with Crippen LogP contribution in [0.15, 0.2) is 27.9 Å². The van der Waals surface area contributed by atoms with Crippen molar-refractivity contribution < 1.29 is 17.9 Å². The van der Waals surface area contributed by atoms with Gasteiger partial charge in [0.2, 0.25) is 10.0 Å². The maximum atomic E-state index is 13.0. The number of aryl methyl sites for hydroxylation is 1. The molecule has 0 bridgehead atoms. The van der Waals surface area contributed by atoms with Gasteiger partial charge in [-0.1, -0.05) is 18.3 Å². The van der Waals surface area contributed by atoms with Gasteiger partial charge >= 0.3 is 11.0 Å². The van der Waals surface area contributed by atoms with Gasteiger partial charge in [0.05, 0.1) is 21.7 Å². The van der Waals surface area contributed by atoms with Crippen molar-refractivity contribution in [3.05, 3.63) is 27.9 Å². The molecule has 27 heavy (non-hydrogen) atoms. The van der Waals surface area contributed by atoms with Crippen LogP contribution in [0.1, 0.15) is 20.3 Å². The Hall–Kier alpha value is -1.91. The molecule has 3 rings (SSSR count). The molecule has 2 aromatic rings. The summed E-state index contributed by atoms with van der Waals surface area (Å²) in [4.78, 5) is 25.5. The predicted molar refractivity (Wildman–Crippen MR) is 104 cm³/mol. The molecule has 0 saturated carbocycles. The summed E-state index contributed by atoms with van der Waals surface area (Å²) >= 11 is 1.06. The lowest BCUT2D eigenvalue weighted by Gasteiger charge is -2.33. The molecule has 0 radical (unpaired) electrons. The van der Waals surface area contributed by atoms with Gasteiger partial charge in [0.25, 0.3) is 0 Å². The largest absolute Gasteiger partial charge is 0.450 e. The first kappa shape index (κ1) is 19.8. The van der Waals surface area contributed by atoms with Gasteiger partial charge in [-0.2, -0.15) is 4.31 Å². The molecule has 1 aliphatic heterocycles. The number of amides is 1. The van der Waals surface area contributed by atoms with Gasteiger partial charge in [-0.3, -0.25) is 9.36 Å². The number of rotatable bonds is 5. The Balaban J connectivity index is 1.81. The number of sulfonamides is 1. The molecule has 2 heterocycles. The molecule has 1 aromatic heterocycles. The standard InChI is InChI=1S/C17H23N3O5S2/c1-3-7-20-14-6-5-13(12-15(14)26-17(20)22)27(23,24)19-10-8-18(9-11-19)16(21)25-4-2/h5-6,12H,3-4,7-11H2,1-2H3. The molecule has 0 spiro atoms. The Labute approximate surface area is 162 Å². The molecule has 1 aliphatic rings. The third-order valence-corrected chi connectivity index (χ3v) is 7.33. The zero-order valence-corrected chi connectivity index (χ0v) is 17.0. The second kappa shape index (κ2) is 7.99. The molecule has 0 atom stereocenters. The molecule has 1 amide bonds. The lowest BCUT2D eigenvalue weighted by molar-refractivity contribution is 0.0934. The van der Waals surface area contributed by atoms with E-state index in [2.05, 4.69) is 0 Å². The van der Waals surface area contributed by atoms with Crippen LogP contribution in [-0.4, -0.2) is 61.1 Å². The van der Waals surface area contributed by atoms with Crippen LogP contribution in [0.25, 0.3) is 10.2 Å². The zero-order chi connectivity index (χ0) is 19.6. The first-order valence-corrected chi connectivity index (χ1v) is 11.2. The van der Waals surface area contributed by atoms with E-state index in [1.165, 1.54) is 9.21 Å². The molecule has 0 aliphatic carbocycles. The van der Waals surface area contributed by atoms with Gasteiger partial charge in [-0.05, 0) is 31.5 Å². The van der Waals surface area contributed by atoms with Crippen molar-refractivity contribution in [1.29, 1.82) is 0 Å². The van der Waals surface area contributed by atoms with E-state index in [9.17, 15) is 18.0 Å². The van der Waals surface area contributed by atoms with E-state index in [0.29, 0.717) is 24.3 Å². The fourth-order valence-electron chi connectivity index (χ4n) is 3.12. The molecule has 8 nitrogen and oxygen atoms in total. The Morgan fingerprint density at radius 2 is 1.89 bits per heavy atom. The van der Waals surface area contributed by atoms with E-state index < -0.39 is 16.1 Å². The number of fused-ring (bicyclic) bond motifs is 1. The van der Waals surface area contributed by atoms with Crippen LogP contribution >= 0.6 is 11.3 Å². The minimum atomic E-state index is -3.68. The van der Waals surface area contributed by atoms with Crippen molar-refractivity contribution in [1.82, 2.24) is 13.8 Å². The van der Waals surface area contributed by atoms with Crippen molar-refractivity contribution in [3.63, 3.8) is 0 Å². The lowest BCUT2D eigenvalue weighted by Crippen LogP contribution is -2.50. The van der Waals surface area contributed by atoms with Crippen molar-refractivity contribution >= 4 is 37.7 Å². The Bertz CT molecular complexity index is 988. The number of carbonyl (C=O) groups is 1. The summed E-state index contributed by atoms with van der Waals surface area (Å²) in [5.41, 5.74) is 0.762. The summed E-state index contributed by atoms with van der Waals surface area (Å²) in [7, 11) is -3.68. The van der Waals surface area contributed by atoms with E-state index in [-0.39, 0.29) is 29.5 Å². The van der Waals surface area contributed by atoms with Crippen LogP contribution in [0.2, 0.25) is 0 Å². The van der Waals surface area contributed by atoms with Crippen molar-refractivity contribution in [3.8, 4) is 0 Å². The smallest absolute Gasteiger partial charge is 0.409 e. The highest BCUT2D eigenvalue weighted by atomic mass is 32.2. The molecule has 148 valence electrons. The van der Waals surface area contributed by atoms with E-state index in [4.69, 9.17) is 4.74 Å². The van der Waals surface area contributed by atoms with Gasteiger partial charge < -0.3 is 9.64 Å². The molecule has 0 unspecified atom stereocenters. The van der Waals surface area contributed by atoms with Crippen LogP contribution in [0, 0.1) is 0 Å². The first-order valence-electron chi connectivity index (χ1n) is 8.93. The molecule has 1 saturated heterocycles. The Morgan fingerprint density at radius 1 is 1.19 bits per heavy atom.